The molecule has 2 aromatic carbocycles. The van der Waals surface area contributed by atoms with Crippen LogP contribution < -0.4 is 0 Å². The highest BCUT2D eigenvalue weighted by atomic mass is 35.5. The molecule has 0 fully saturated rings. The molecule has 0 unspecified atom stereocenters. The number of hydrogen-bond donors (Lipinski definition) is 0. The summed E-state index contributed by atoms with van der Waals surface area (Å²) in [4.78, 5) is 32.1. The second-order valence-electron chi connectivity index (χ2n) is 5.14. The Hall–Kier alpha value is -2.80. The van der Waals surface area contributed by atoms with Gasteiger partial charge in [-0.3, -0.25) is 20.2 Å². The molecule has 0 amide bonds. The van der Waals surface area contributed by atoms with Gasteiger partial charge < -0.3 is 4.79 Å². The fraction of sp³-hybridized carbons (Fsp3) is 0.188. The van der Waals surface area contributed by atoms with Crippen LogP contribution in [-0.2, 0) is 11.2 Å². The molecule has 0 bridgehead atoms. The Labute approximate surface area is 142 Å². The zero-order valence-electron chi connectivity index (χ0n) is 12.4. The fourth-order valence-electron chi connectivity index (χ4n) is 2.55. The van der Waals surface area contributed by atoms with E-state index in [0.717, 1.165) is 5.56 Å². The van der Waals surface area contributed by atoms with Crippen molar-refractivity contribution in [3.05, 3.63) is 78.8 Å². The van der Waals surface area contributed by atoms with Crippen LogP contribution >= 0.6 is 11.6 Å². The molecule has 0 heterocycles. The predicted octanol–water partition coefficient (Wildman–Crippen LogP) is 4.07. The number of rotatable bonds is 7. The van der Waals surface area contributed by atoms with Crippen LogP contribution in [0.3, 0.4) is 0 Å². The molecule has 0 aliphatic carbocycles. The molecule has 0 aliphatic heterocycles. The van der Waals surface area contributed by atoms with Crippen LogP contribution in [0.4, 0.5) is 11.4 Å². The second-order valence-corrected chi connectivity index (χ2v) is 5.58. The van der Waals surface area contributed by atoms with Crippen molar-refractivity contribution >= 4 is 29.3 Å². The average molecular weight is 349 g/mol. The molecule has 0 spiro atoms. The molecule has 2 aromatic rings. The molecule has 0 aromatic heterocycles. The Bertz CT molecular complexity index is 744. The Kier molecular flexibility index (Phi) is 5.59. The zero-order chi connectivity index (χ0) is 17.7. The van der Waals surface area contributed by atoms with E-state index in [1.54, 1.807) is 24.3 Å². The highest BCUT2D eigenvalue weighted by molar-refractivity contribution is 6.30. The van der Waals surface area contributed by atoms with Gasteiger partial charge in [-0.2, -0.15) is 0 Å². The highest BCUT2D eigenvalue weighted by Crippen LogP contribution is 2.34. The number of benzene rings is 2. The number of aldehydes is 1. The summed E-state index contributed by atoms with van der Waals surface area (Å²) >= 11 is 5.84. The lowest BCUT2D eigenvalue weighted by atomic mass is 9.88. The summed E-state index contributed by atoms with van der Waals surface area (Å²) < 4.78 is 0. The molecule has 0 N–H and O–H groups in total. The maximum atomic E-state index is 11.2. The van der Waals surface area contributed by atoms with Gasteiger partial charge >= 0.3 is 0 Å². The van der Waals surface area contributed by atoms with Crippen LogP contribution in [0.1, 0.15) is 23.5 Å². The van der Waals surface area contributed by atoms with Gasteiger partial charge in [-0.25, -0.2) is 0 Å². The lowest BCUT2D eigenvalue weighted by molar-refractivity contribution is -0.395. The third kappa shape index (κ3) is 3.94. The topological polar surface area (TPSA) is 103 Å². The van der Waals surface area contributed by atoms with Gasteiger partial charge in [-0.15, -0.1) is 0 Å². The molecule has 2 rings (SSSR count). The minimum Gasteiger partial charge on any atom is -0.303 e. The van der Waals surface area contributed by atoms with Crippen molar-refractivity contribution in [3.63, 3.8) is 0 Å². The van der Waals surface area contributed by atoms with Crippen LogP contribution in [0.5, 0.6) is 0 Å². The first kappa shape index (κ1) is 17.6. The molecule has 0 radical (unpaired) electrons. The minimum atomic E-state index is -0.651. The first-order valence-corrected chi connectivity index (χ1v) is 7.41. The van der Waals surface area contributed by atoms with Crippen molar-refractivity contribution in [1.29, 1.82) is 0 Å². The number of nitrogens with zero attached hydrogens (tertiary/aromatic N) is 2. The monoisotopic (exact) mass is 348 g/mol. The quantitative estimate of drug-likeness (QED) is 0.426. The Morgan fingerprint density at radius 1 is 1.00 bits per heavy atom. The first-order chi connectivity index (χ1) is 11.4. The van der Waals surface area contributed by atoms with Crippen molar-refractivity contribution in [2.24, 2.45) is 0 Å². The fourth-order valence-corrected chi connectivity index (χ4v) is 2.67. The van der Waals surface area contributed by atoms with E-state index >= 15 is 0 Å². The number of carbonyl (C=O) groups is 1. The van der Waals surface area contributed by atoms with E-state index in [4.69, 9.17) is 11.6 Å². The SMILES string of the molecule is O=CC[C@H](Cc1c([N+](=O)[O-])cccc1[N+](=O)[O-])c1ccc(Cl)cc1. The molecule has 0 aliphatic rings. The number of nitro benzene ring substituents is 2. The predicted molar refractivity (Wildman–Crippen MR) is 88.3 cm³/mol. The van der Waals surface area contributed by atoms with Crippen molar-refractivity contribution in [1.82, 2.24) is 0 Å². The van der Waals surface area contributed by atoms with Crippen molar-refractivity contribution in [2.45, 2.75) is 18.8 Å². The van der Waals surface area contributed by atoms with Gasteiger partial charge in [0.15, 0.2) is 0 Å². The standard InChI is InChI=1S/C16H13ClN2O5/c17-13-6-4-11(5-7-13)12(8-9-20)10-14-15(18(21)22)2-1-3-16(14)19(23)24/h1-7,9,12H,8,10H2/t12-/m1/s1. The van der Waals surface area contributed by atoms with E-state index in [-0.39, 0.29) is 29.8 Å². The van der Waals surface area contributed by atoms with Gasteiger partial charge in [0.25, 0.3) is 11.4 Å². The van der Waals surface area contributed by atoms with Crippen LogP contribution in [0.2, 0.25) is 5.02 Å². The lowest BCUT2D eigenvalue weighted by Gasteiger charge is -2.15. The Balaban J connectivity index is 2.49. The Morgan fingerprint density at radius 2 is 1.54 bits per heavy atom. The van der Waals surface area contributed by atoms with Crippen LogP contribution in [0, 0.1) is 20.2 Å². The van der Waals surface area contributed by atoms with Crippen molar-refractivity contribution < 1.29 is 14.6 Å². The van der Waals surface area contributed by atoms with Crippen molar-refractivity contribution in [2.75, 3.05) is 0 Å². The lowest BCUT2D eigenvalue weighted by Crippen LogP contribution is -2.08. The van der Waals surface area contributed by atoms with Crippen molar-refractivity contribution in [3.8, 4) is 0 Å². The number of halogens is 1. The molecular formula is C16H13ClN2O5. The Morgan fingerprint density at radius 3 is 2.00 bits per heavy atom. The van der Waals surface area contributed by atoms with Gasteiger partial charge in [-0.1, -0.05) is 23.7 Å². The smallest absolute Gasteiger partial charge is 0.279 e. The maximum absolute atomic E-state index is 11.2. The van der Waals surface area contributed by atoms with Gasteiger partial charge in [-0.05, 0) is 36.1 Å². The maximum Gasteiger partial charge on any atom is 0.279 e. The normalized spacial score (nSPS) is 11.7. The van der Waals surface area contributed by atoms with E-state index in [2.05, 4.69) is 0 Å². The molecule has 24 heavy (non-hydrogen) atoms. The highest BCUT2D eigenvalue weighted by Gasteiger charge is 2.27. The first-order valence-electron chi connectivity index (χ1n) is 7.03. The van der Waals surface area contributed by atoms with Gasteiger partial charge in [0.2, 0.25) is 0 Å². The van der Waals surface area contributed by atoms with Crippen LogP contribution in [0.25, 0.3) is 0 Å². The van der Waals surface area contributed by atoms with Gasteiger partial charge in [0.1, 0.15) is 11.8 Å². The van der Waals surface area contributed by atoms with E-state index in [9.17, 15) is 25.0 Å². The summed E-state index contributed by atoms with van der Waals surface area (Å²) in [5, 5.41) is 22.9. The van der Waals surface area contributed by atoms with E-state index in [0.29, 0.717) is 11.3 Å². The third-order valence-electron chi connectivity index (χ3n) is 3.69. The largest absolute Gasteiger partial charge is 0.303 e. The average Bonchev–Trinajstić information content (AvgIpc) is 2.55. The minimum absolute atomic E-state index is 0.00778. The van der Waals surface area contributed by atoms with Crippen LogP contribution in [0.15, 0.2) is 42.5 Å². The summed E-state index contributed by atoms with van der Waals surface area (Å²) in [7, 11) is 0. The number of nitro groups is 2. The van der Waals surface area contributed by atoms with Gasteiger partial charge in [0, 0.05) is 23.6 Å². The molecule has 1 atom stereocenters. The van der Waals surface area contributed by atoms with Crippen LogP contribution in [-0.4, -0.2) is 16.1 Å². The third-order valence-corrected chi connectivity index (χ3v) is 3.94. The van der Waals surface area contributed by atoms with Gasteiger partial charge in [0.05, 0.1) is 9.85 Å². The molecular weight excluding hydrogens is 336 g/mol. The molecule has 124 valence electrons. The molecule has 0 saturated heterocycles. The summed E-state index contributed by atoms with van der Waals surface area (Å²) in [5.74, 6) is -0.417. The second kappa shape index (κ2) is 7.65. The van der Waals surface area contributed by atoms with E-state index in [1.165, 1.54) is 18.2 Å². The van der Waals surface area contributed by atoms with E-state index in [1.807, 2.05) is 0 Å². The summed E-state index contributed by atoms with van der Waals surface area (Å²) in [6.07, 6.45) is 0.790. The number of carbonyl (C=O) groups excluding carboxylic acids is 1. The molecule has 7 nitrogen and oxygen atoms in total. The summed E-state index contributed by atoms with van der Waals surface area (Å²) in [6.45, 7) is 0. The van der Waals surface area contributed by atoms with E-state index < -0.39 is 15.8 Å². The number of hydrogen-bond acceptors (Lipinski definition) is 5. The summed E-state index contributed by atoms with van der Waals surface area (Å²) in [6, 6.07) is 10.4. The summed E-state index contributed by atoms with van der Waals surface area (Å²) in [5.41, 5.74) is 0.0939. The molecule has 0 saturated carbocycles. The zero-order valence-corrected chi connectivity index (χ0v) is 13.2. The molecule has 8 heteroatoms.